The molecule has 0 saturated heterocycles. The van der Waals surface area contributed by atoms with Crippen molar-refractivity contribution in [2.45, 2.75) is 89.4 Å². The lowest BCUT2D eigenvalue weighted by Crippen LogP contribution is -1.97. The van der Waals surface area contributed by atoms with Crippen molar-refractivity contribution in [1.82, 2.24) is 0 Å². The molecule has 0 aliphatic carbocycles. The van der Waals surface area contributed by atoms with Gasteiger partial charge in [-0.15, -0.1) is 11.8 Å². The monoisotopic (exact) mass is 466 g/mol. The number of allylic oxidation sites excluding steroid dienone is 1. The van der Waals surface area contributed by atoms with E-state index in [1.807, 2.05) is 66.4 Å². The first-order valence-corrected chi connectivity index (χ1v) is 13.9. The van der Waals surface area contributed by atoms with Crippen LogP contribution in [-0.2, 0) is 0 Å². The maximum absolute atomic E-state index is 12.5. The molecule has 0 amide bonds. The molecule has 0 bridgehead atoms. The first kappa shape index (κ1) is 27.2. The third-order valence-electron chi connectivity index (χ3n) is 5.66. The predicted molar refractivity (Wildman–Crippen MR) is 145 cm³/mol. The van der Waals surface area contributed by atoms with Crippen LogP contribution >= 0.6 is 11.8 Å². The van der Waals surface area contributed by atoms with E-state index in [0.717, 1.165) is 42.1 Å². The summed E-state index contributed by atoms with van der Waals surface area (Å²) in [6.45, 7) is 5.20. The Hall–Kier alpha value is -2.00. The molecule has 2 nitrogen and oxygen atoms in total. The molecule has 180 valence electrons. The lowest BCUT2D eigenvalue weighted by Gasteiger charge is -2.07. The highest BCUT2D eigenvalue weighted by atomic mass is 32.2. The van der Waals surface area contributed by atoms with E-state index in [1.165, 1.54) is 62.7 Å². The zero-order chi connectivity index (χ0) is 23.6. The lowest BCUT2D eigenvalue weighted by molar-refractivity contribution is 0.104. The van der Waals surface area contributed by atoms with Crippen LogP contribution in [0.4, 0.5) is 0 Å². The van der Waals surface area contributed by atoms with Gasteiger partial charge in [-0.25, -0.2) is 0 Å². The minimum Gasteiger partial charge on any atom is -0.494 e. The van der Waals surface area contributed by atoms with Crippen LogP contribution in [0.1, 0.15) is 100 Å². The molecule has 2 aromatic rings. The average Bonchev–Trinajstić information content (AvgIpc) is 2.85. The Balaban J connectivity index is 1.66. The van der Waals surface area contributed by atoms with Crippen LogP contribution in [0, 0.1) is 0 Å². The van der Waals surface area contributed by atoms with E-state index in [4.69, 9.17) is 4.74 Å². The summed E-state index contributed by atoms with van der Waals surface area (Å²) in [4.78, 5) is 13.7. The SMILES string of the molecule is CCCCCCCCCCCCOc1cccc(C=CC(=O)c2ccc(SCCC)cc2)c1. The molecule has 0 aliphatic rings. The summed E-state index contributed by atoms with van der Waals surface area (Å²) in [5.74, 6) is 2.00. The molecule has 0 radical (unpaired) electrons. The third-order valence-corrected chi connectivity index (χ3v) is 6.88. The molecule has 3 heteroatoms. The van der Waals surface area contributed by atoms with Crippen LogP contribution < -0.4 is 4.74 Å². The van der Waals surface area contributed by atoms with Gasteiger partial charge in [0.05, 0.1) is 6.61 Å². The van der Waals surface area contributed by atoms with Gasteiger partial charge >= 0.3 is 0 Å². The highest BCUT2D eigenvalue weighted by Gasteiger charge is 2.03. The smallest absolute Gasteiger partial charge is 0.185 e. The van der Waals surface area contributed by atoms with Gasteiger partial charge in [0.25, 0.3) is 0 Å². The van der Waals surface area contributed by atoms with Crippen LogP contribution in [0.5, 0.6) is 5.75 Å². The van der Waals surface area contributed by atoms with Gasteiger partial charge < -0.3 is 4.74 Å². The summed E-state index contributed by atoms with van der Waals surface area (Å²) in [5, 5.41) is 0. The summed E-state index contributed by atoms with van der Waals surface area (Å²) in [5.41, 5.74) is 1.71. The molecule has 0 saturated carbocycles. The van der Waals surface area contributed by atoms with Gasteiger partial charge in [-0.05, 0) is 66.6 Å². The van der Waals surface area contributed by atoms with Gasteiger partial charge in [0.2, 0.25) is 0 Å². The molecule has 0 unspecified atom stereocenters. The topological polar surface area (TPSA) is 26.3 Å². The van der Waals surface area contributed by atoms with Crippen LogP contribution in [0.3, 0.4) is 0 Å². The Morgan fingerprint density at radius 2 is 1.48 bits per heavy atom. The second-order valence-corrected chi connectivity index (χ2v) is 9.84. The molecule has 2 rings (SSSR count). The number of hydrogen-bond acceptors (Lipinski definition) is 3. The molecule has 0 heterocycles. The van der Waals surface area contributed by atoms with E-state index >= 15 is 0 Å². The van der Waals surface area contributed by atoms with Gasteiger partial charge in [-0.3, -0.25) is 4.79 Å². The van der Waals surface area contributed by atoms with E-state index in [9.17, 15) is 4.79 Å². The number of ether oxygens (including phenoxy) is 1. The molecular weight excluding hydrogens is 424 g/mol. The maximum atomic E-state index is 12.5. The van der Waals surface area contributed by atoms with Crippen molar-refractivity contribution in [2.24, 2.45) is 0 Å². The minimum atomic E-state index is 0.0266. The van der Waals surface area contributed by atoms with Crippen molar-refractivity contribution >= 4 is 23.6 Å². The molecule has 0 atom stereocenters. The van der Waals surface area contributed by atoms with Gasteiger partial charge in [0.15, 0.2) is 5.78 Å². The molecule has 0 spiro atoms. The van der Waals surface area contributed by atoms with Crippen LogP contribution in [0.15, 0.2) is 59.5 Å². The molecule has 0 N–H and O–H groups in total. The van der Waals surface area contributed by atoms with Crippen molar-refractivity contribution < 1.29 is 9.53 Å². The molecule has 0 fully saturated rings. The van der Waals surface area contributed by atoms with Gasteiger partial charge in [-0.1, -0.05) is 89.8 Å². The highest BCUT2D eigenvalue weighted by molar-refractivity contribution is 7.99. The normalized spacial score (nSPS) is 11.2. The Morgan fingerprint density at radius 1 is 0.818 bits per heavy atom. The minimum absolute atomic E-state index is 0.0266. The fourth-order valence-corrected chi connectivity index (χ4v) is 4.46. The van der Waals surface area contributed by atoms with Crippen molar-refractivity contribution in [1.29, 1.82) is 0 Å². The Kier molecular flexibility index (Phi) is 14.4. The van der Waals surface area contributed by atoms with Crippen LogP contribution in [0.25, 0.3) is 6.08 Å². The largest absolute Gasteiger partial charge is 0.494 e. The zero-order valence-electron chi connectivity index (χ0n) is 20.7. The second kappa shape index (κ2) is 17.5. The van der Waals surface area contributed by atoms with Crippen molar-refractivity contribution in [3.63, 3.8) is 0 Å². The lowest BCUT2D eigenvalue weighted by atomic mass is 10.1. The van der Waals surface area contributed by atoms with E-state index < -0.39 is 0 Å². The third kappa shape index (κ3) is 12.1. The van der Waals surface area contributed by atoms with E-state index in [-0.39, 0.29) is 5.78 Å². The number of hydrogen-bond donors (Lipinski definition) is 0. The quantitative estimate of drug-likeness (QED) is 0.0947. The number of ketones is 1. The average molecular weight is 467 g/mol. The van der Waals surface area contributed by atoms with Crippen LogP contribution in [0.2, 0.25) is 0 Å². The number of unbranched alkanes of at least 4 members (excludes halogenated alkanes) is 9. The molecule has 0 aliphatic heterocycles. The molecule has 2 aromatic carbocycles. The van der Waals surface area contributed by atoms with Gasteiger partial charge in [0, 0.05) is 10.5 Å². The molecular formula is C30H42O2S. The Bertz CT molecular complexity index is 810. The highest BCUT2D eigenvalue weighted by Crippen LogP contribution is 2.20. The second-order valence-electron chi connectivity index (χ2n) is 8.67. The van der Waals surface area contributed by atoms with E-state index in [2.05, 4.69) is 13.8 Å². The van der Waals surface area contributed by atoms with Crippen molar-refractivity contribution in [3.8, 4) is 5.75 Å². The number of benzene rings is 2. The van der Waals surface area contributed by atoms with Crippen molar-refractivity contribution in [2.75, 3.05) is 12.4 Å². The first-order chi connectivity index (χ1) is 16.2. The van der Waals surface area contributed by atoms with Gasteiger partial charge in [-0.2, -0.15) is 0 Å². The number of carbonyl (C=O) groups is 1. The first-order valence-electron chi connectivity index (χ1n) is 12.9. The molecule has 33 heavy (non-hydrogen) atoms. The van der Waals surface area contributed by atoms with E-state index in [1.54, 1.807) is 6.08 Å². The Morgan fingerprint density at radius 3 is 2.15 bits per heavy atom. The summed E-state index contributed by atoms with van der Waals surface area (Å²) in [6, 6.07) is 15.9. The number of carbonyl (C=O) groups excluding carboxylic acids is 1. The van der Waals surface area contributed by atoms with Crippen LogP contribution in [-0.4, -0.2) is 18.1 Å². The Labute approximate surface area is 206 Å². The summed E-state index contributed by atoms with van der Waals surface area (Å²) >= 11 is 1.83. The fraction of sp³-hybridized carbons (Fsp3) is 0.500. The summed E-state index contributed by atoms with van der Waals surface area (Å²) < 4.78 is 5.93. The summed E-state index contributed by atoms with van der Waals surface area (Å²) in [6.07, 6.45) is 17.9. The molecule has 0 aromatic heterocycles. The standard InChI is InChI=1S/C30H42O2S/c1-3-5-6-7-8-9-10-11-12-13-23-32-28-16-14-15-26(25-28)17-22-30(31)27-18-20-29(21-19-27)33-24-4-2/h14-22,25H,3-13,23-24H2,1-2H3. The zero-order valence-corrected chi connectivity index (χ0v) is 21.5. The van der Waals surface area contributed by atoms with Gasteiger partial charge in [0.1, 0.15) is 5.75 Å². The maximum Gasteiger partial charge on any atom is 0.185 e. The van der Waals surface area contributed by atoms with E-state index in [0.29, 0.717) is 0 Å². The summed E-state index contributed by atoms with van der Waals surface area (Å²) in [7, 11) is 0. The predicted octanol–water partition coefficient (Wildman–Crippen LogP) is 9.38. The number of rotatable bonds is 18. The fourth-order valence-electron chi connectivity index (χ4n) is 3.69. The number of thioether (sulfide) groups is 1. The van der Waals surface area contributed by atoms with Crippen molar-refractivity contribution in [3.05, 3.63) is 65.7 Å².